The van der Waals surface area contributed by atoms with E-state index in [0.717, 1.165) is 26.1 Å². The maximum absolute atomic E-state index is 12.3. The van der Waals surface area contributed by atoms with E-state index < -0.39 is 0 Å². The molecule has 1 heterocycles. The van der Waals surface area contributed by atoms with E-state index in [1.54, 1.807) is 0 Å². The highest BCUT2D eigenvalue weighted by Crippen LogP contribution is 2.26. The van der Waals surface area contributed by atoms with Crippen LogP contribution < -0.4 is 5.32 Å². The molecule has 1 saturated carbocycles. The highest BCUT2D eigenvalue weighted by atomic mass is 16.2. The van der Waals surface area contributed by atoms with E-state index in [2.05, 4.69) is 17.1 Å². The van der Waals surface area contributed by atoms with Crippen LogP contribution in [-0.4, -0.2) is 36.5 Å². The SMILES string of the molecule is CCN(C(=O)CC1CCCCCC1)C1CNC1. The molecule has 0 bridgehead atoms. The Hall–Kier alpha value is -0.570. The largest absolute Gasteiger partial charge is 0.337 e. The zero-order valence-corrected chi connectivity index (χ0v) is 11.1. The van der Waals surface area contributed by atoms with Crippen LogP contribution in [0, 0.1) is 5.92 Å². The minimum atomic E-state index is 0.394. The number of carbonyl (C=O) groups is 1. The van der Waals surface area contributed by atoms with E-state index in [-0.39, 0.29) is 0 Å². The summed E-state index contributed by atoms with van der Waals surface area (Å²) in [5, 5.41) is 3.25. The second kappa shape index (κ2) is 6.39. The third-order valence-electron chi connectivity index (χ3n) is 4.30. The molecule has 3 nitrogen and oxygen atoms in total. The molecular weight excluding hydrogens is 212 g/mol. The van der Waals surface area contributed by atoms with Crippen LogP contribution in [0.15, 0.2) is 0 Å². The average molecular weight is 238 g/mol. The van der Waals surface area contributed by atoms with Crippen molar-refractivity contribution in [2.24, 2.45) is 5.92 Å². The summed E-state index contributed by atoms with van der Waals surface area (Å²) in [5.41, 5.74) is 0. The van der Waals surface area contributed by atoms with E-state index in [0.29, 0.717) is 17.9 Å². The molecule has 17 heavy (non-hydrogen) atoms. The van der Waals surface area contributed by atoms with Gasteiger partial charge in [0.1, 0.15) is 0 Å². The average Bonchev–Trinajstić information content (AvgIpc) is 2.51. The predicted molar refractivity (Wildman–Crippen MR) is 69.9 cm³/mol. The third-order valence-corrected chi connectivity index (χ3v) is 4.30. The Morgan fingerprint density at radius 2 is 1.82 bits per heavy atom. The number of carbonyl (C=O) groups excluding carboxylic acids is 1. The maximum atomic E-state index is 12.3. The van der Waals surface area contributed by atoms with Crippen LogP contribution in [0.1, 0.15) is 51.9 Å². The highest BCUT2D eigenvalue weighted by molar-refractivity contribution is 5.77. The number of nitrogens with zero attached hydrogens (tertiary/aromatic N) is 1. The summed E-state index contributed by atoms with van der Waals surface area (Å²) in [5.74, 6) is 1.05. The van der Waals surface area contributed by atoms with Crippen LogP contribution in [-0.2, 0) is 4.79 Å². The van der Waals surface area contributed by atoms with Crippen LogP contribution in [0.25, 0.3) is 0 Å². The van der Waals surface area contributed by atoms with E-state index in [1.165, 1.54) is 38.5 Å². The van der Waals surface area contributed by atoms with Crippen molar-refractivity contribution in [2.45, 2.75) is 57.9 Å². The van der Waals surface area contributed by atoms with Gasteiger partial charge in [-0.3, -0.25) is 4.79 Å². The van der Waals surface area contributed by atoms with Crippen molar-refractivity contribution < 1.29 is 4.79 Å². The first-order chi connectivity index (χ1) is 8.31. The van der Waals surface area contributed by atoms with Crippen molar-refractivity contribution in [3.05, 3.63) is 0 Å². The molecule has 2 fully saturated rings. The molecule has 98 valence electrons. The monoisotopic (exact) mass is 238 g/mol. The topological polar surface area (TPSA) is 32.3 Å². The van der Waals surface area contributed by atoms with Crippen LogP contribution in [0.5, 0.6) is 0 Å². The lowest BCUT2D eigenvalue weighted by Crippen LogP contribution is -2.58. The summed E-state index contributed by atoms with van der Waals surface area (Å²) in [4.78, 5) is 14.4. The Morgan fingerprint density at radius 3 is 2.29 bits per heavy atom. The molecule has 0 unspecified atom stereocenters. The fourth-order valence-electron chi connectivity index (χ4n) is 3.06. The highest BCUT2D eigenvalue weighted by Gasteiger charge is 2.28. The van der Waals surface area contributed by atoms with E-state index in [1.807, 2.05) is 0 Å². The number of amides is 1. The second-order valence-corrected chi connectivity index (χ2v) is 5.55. The lowest BCUT2D eigenvalue weighted by molar-refractivity contribution is -0.135. The number of nitrogens with one attached hydrogen (secondary N) is 1. The van der Waals surface area contributed by atoms with Gasteiger partial charge in [0.2, 0.25) is 5.91 Å². The summed E-state index contributed by atoms with van der Waals surface area (Å²) in [6, 6.07) is 0.471. The van der Waals surface area contributed by atoms with Crippen LogP contribution in [0.3, 0.4) is 0 Å². The first-order valence-electron chi connectivity index (χ1n) is 7.31. The molecule has 3 heteroatoms. The van der Waals surface area contributed by atoms with Gasteiger partial charge in [0.25, 0.3) is 0 Å². The van der Waals surface area contributed by atoms with Gasteiger partial charge in [0, 0.05) is 26.1 Å². The number of rotatable bonds is 4. The van der Waals surface area contributed by atoms with Crippen LogP contribution >= 0.6 is 0 Å². The fraction of sp³-hybridized carbons (Fsp3) is 0.929. The van der Waals surface area contributed by atoms with Crippen molar-refractivity contribution in [3.8, 4) is 0 Å². The van der Waals surface area contributed by atoms with Gasteiger partial charge < -0.3 is 10.2 Å². The van der Waals surface area contributed by atoms with Gasteiger partial charge in [-0.15, -0.1) is 0 Å². The fourth-order valence-corrected chi connectivity index (χ4v) is 3.06. The van der Waals surface area contributed by atoms with E-state index in [4.69, 9.17) is 0 Å². The molecule has 0 aromatic carbocycles. The molecule has 1 amide bonds. The van der Waals surface area contributed by atoms with Crippen LogP contribution in [0.2, 0.25) is 0 Å². The molecule has 1 saturated heterocycles. The Bertz CT molecular complexity index is 243. The maximum Gasteiger partial charge on any atom is 0.223 e. The zero-order valence-electron chi connectivity index (χ0n) is 11.1. The molecule has 0 aromatic rings. The molecule has 2 rings (SSSR count). The molecule has 2 aliphatic rings. The van der Waals surface area contributed by atoms with Gasteiger partial charge in [-0.05, 0) is 25.7 Å². The summed E-state index contributed by atoms with van der Waals surface area (Å²) < 4.78 is 0. The van der Waals surface area contributed by atoms with Crippen LogP contribution in [0.4, 0.5) is 0 Å². The third kappa shape index (κ3) is 3.44. The van der Waals surface area contributed by atoms with Gasteiger partial charge in [-0.1, -0.05) is 25.7 Å². The summed E-state index contributed by atoms with van der Waals surface area (Å²) in [6.07, 6.45) is 8.73. The molecule has 0 atom stereocenters. The summed E-state index contributed by atoms with van der Waals surface area (Å²) >= 11 is 0. The van der Waals surface area contributed by atoms with Crippen molar-refractivity contribution in [3.63, 3.8) is 0 Å². The zero-order chi connectivity index (χ0) is 12.1. The molecule has 0 spiro atoms. The number of likely N-dealkylation sites (N-methyl/N-ethyl adjacent to an activating group) is 1. The molecule has 0 aromatic heterocycles. The van der Waals surface area contributed by atoms with Crippen molar-refractivity contribution in [2.75, 3.05) is 19.6 Å². The van der Waals surface area contributed by atoms with Crippen molar-refractivity contribution in [1.29, 1.82) is 0 Å². The minimum Gasteiger partial charge on any atom is -0.337 e. The molecular formula is C14H26N2O. The Kier molecular flexibility index (Phi) is 4.84. The van der Waals surface area contributed by atoms with Crippen molar-refractivity contribution in [1.82, 2.24) is 10.2 Å². The van der Waals surface area contributed by atoms with Crippen molar-refractivity contribution >= 4 is 5.91 Å². The molecule has 1 aliphatic carbocycles. The standard InChI is InChI=1S/C14H26N2O/c1-2-16(13-10-15-11-13)14(17)9-12-7-5-3-4-6-8-12/h12-13,15H,2-11H2,1H3. The smallest absolute Gasteiger partial charge is 0.223 e. The first-order valence-corrected chi connectivity index (χ1v) is 7.31. The molecule has 0 radical (unpaired) electrons. The predicted octanol–water partition coefficient (Wildman–Crippen LogP) is 2.17. The Morgan fingerprint density at radius 1 is 1.18 bits per heavy atom. The van der Waals surface area contributed by atoms with Gasteiger partial charge in [0.05, 0.1) is 6.04 Å². The lowest BCUT2D eigenvalue weighted by Gasteiger charge is -2.38. The van der Waals surface area contributed by atoms with Gasteiger partial charge >= 0.3 is 0 Å². The summed E-state index contributed by atoms with van der Waals surface area (Å²) in [7, 11) is 0. The quantitative estimate of drug-likeness (QED) is 0.761. The first kappa shape index (κ1) is 12.9. The molecule has 1 aliphatic heterocycles. The Balaban J connectivity index is 1.81. The second-order valence-electron chi connectivity index (χ2n) is 5.55. The van der Waals surface area contributed by atoms with Gasteiger partial charge in [-0.25, -0.2) is 0 Å². The number of hydrogen-bond acceptors (Lipinski definition) is 2. The van der Waals surface area contributed by atoms with E-state index >= 15 is 0 Å². The van der Waals surface area contributed by atoms with Gasteiger partial charge in [-0.2, -0.15) is 0 Å². The number of hydrogen-bond donors (Lipinski definition) is 1. The minimum absolute atomic E-state index is 0.394. The van der Waals surface area contributed by atoms with E-state index in [9.17, 15) is 4.79 Å². The molecule has 1 N–H and O–H groups in total. The van der Waals surface area contributed by atoms with Gasteiger partial charge in [0.15, 0.2) is 0 Å². The normalized spacial score (nSPS) is 22.9. The Labute approximate surface area is 105 Å². The summed E-state index contributed by atoms with van der Waals surface area (Å²) in [6.45, 7) is 4.95. The lowest BCUT2D eigenvalue weighted by atomic mass is 9.95.